The number of fused-ring (bicyclic) bond motifs is 1. The van der Waals surface area contributed by atoms with Gasteiger partial charge in [-0.2, -0.15) is 4.98 Å². The lowest BCUT2D eigenvalue weighted by atomic mass is 10.5. The minimum Gasteiger partial charge on any atom is -0.352 e. The van der Waals surface area contributed by atoms with Crippen molar-refractivity contribution in [3.63, 3.8) is 0 Å². The second-order valence-electron chi connectivity index (χ2n) is 4.70. The van der Waals surface area contributed by atoms with Crippen LogP contribution in [-0.2, 0) is 0 Å². The van der Waals surface area contributed by atoms with Crippen molar-refractivity contribution in [1.82, 2.24) is 19.5 Å². The Morgan fingerprint density at radius 2 is 2.39 bits per heavy atom. The number of hydrogen-bond donors (Lipinski definition) is 1. The molecular formula is C12H16BrN5. The standard InChI is InChI=1S/C12H16BrN5/c1-17(9-4-5-9)8-6-14-12-15-11-10(13)3-2-7-18(11)16-12/h2-3,7,9H,4-6,8H2,1H3,(H,14,16). The summed E-state index contributed by atoms with van der Waals surface area (Å²) in [6.45, 7) is 1.91. The van der Waals surface area contributed by atoms with Gasteiger partial charge in [0.25, 0.3) is 0 Å². The lowest BCUT2D eigenvalue weighted by Gasteiger charge is -2.14. The Labute approximate surface area is 114 Å². The van der Waals surface area contributed by atoms with Crippen LogP contribution in [-0.4, -0.2) is 45.7 Å². The van der Waals surface area contributed by atoms with Crippen molar-refractivity contribution in [3.8, 4) is 0 Å². The molecule has 1 aliphatic rings. The molecule has 1 saturated carbocycles. The van der Waals surface area contributed by atoms with E-state index in [1.807, 2.05) is 18.3 Å². The molecule has 0 unspecified atom stereocenters. The highest BCUT2D eigenvalue weighted by atomic mass is 79.9. The first-order valence-electron chi connectivity index (χ1n) is 6.19. The van der Waals surface area contributed by atoms with E-state index in [1.54, 1.807) is 4.52 Å². The SMILES string of the molecule is CN(CCNc1nc2c(Br)cccn2n1)C1CC1. The third-order valence-electron chi connectivity index (χ3n) is 3.23. The first-order valence-corrected chi connectivity index (χ1v) is 6.98. The van der Waals surface area contributed by atoms with Crippen LogP contribution >= 0.6 is 15.9 Å². The molecule has 1 N–H and O–H groups in total. The number of nitrogens with zero attached hydrogens (tertiary/aromatic N) is 4. The Kier molecular flexibility index (Phi) is 3.22. The van der Waals surface area contributed by atoms with E-state index < -0.39 is 0 Å². The molecule has 0 bridgehead atoms. The van der Waals surface area contributed by atoms with Crippen molar-refractivity contribution in [1.29, 1.82) is 0 Å². The van der Waals surface area contributed by atoms with Crippen molar-refractivity contribution in [3.05, 3.63) is 22.8 Å². The van der Waals surface area contributed by atoms with Crippen molar-refractivity contribution in [2.45, 2.75) is 18.9 Å². The van der Waals surface area contributed by atoms with Gasteiger partial charge >= 0.3 is 0 Å². The summed E-state index contributed by atoms with van der Waals surface area (Å²) in [5, 5.41) is 7.65. The molecule has 2 aromatic heterocycles. The summed E-state index contributed by atoms with van der Waals surface area (Å²) < 4.78 is 2.73. The molecular weight excluding hydrogens is 294 g/mol. The molecule has 18 heavy (non-hydrogen) atoms. The van der Waals surface area contributed by atoms with Gasteiger partial charge in [0.15, 0.2) is 5.65 Å². The molecule has 0 saturated heterocycles. The average Bonchev–Trinajstić information content (AvgIpc) is 3.11. The molecule has 0 aliphatic heterocycles. The maximum atomic E-state index is 4.44. The Bertz CT molecular complexity index is 548. The number of aromatic nitrogens is 3. The van der Waals surface area contributed by atoms with E-state index in [2.05, 4.69) is 43.3 Å². The van der Waals surface area contributed by atoms with E-state index in [-0.39, 0.29) is 0 Å². The molecule has 2 aromatic rings. The maximum Gasteiger partial charge on any atom is 0.243 e. The zero-order valence-electron chi connectivity index (χ0n) is 10.3. The molecule has 0 atom stereocenters. The van der Waals surface area contributed by atoms with Crippen LogP contribution in [0.1, 0.15) is 12.8 Å². The van der Waals surface area contributed by atoms with Gasteiger partial charge in [0, 0.05) is 25.3 Å². The molecule has 0 amide bonds. The lowest BCUT2D eigenvalue weighted by Crippen LogP contribution is -2.27. The van der Waals surface area contributed by atoms with E-state index in [4.69, 9.17) is 0 Å². The first kappa shape index (κ1) is 11.9. The van der Waals surface area contributed by atoms with Crippen LogP contribution in [0.2, 0.25) is 0 Å². The monoisotopic (exact) mass is 309 g/mol. The molecule has 3 rings (SSSR count). The van der Waals surface area contributed by atoms with Crippen LogP contribution in [0.5, 0.6) is 0 Å². The molecule has 1 aliphatic carbocycles. The highest BCUT2D eigenvalue weighted by molar-refractivity contribution is 9.10. The Morgan fingerprint density at radius 1 is 1.56 bits per heavy atom. The zero-order valence-corrected chi connectivity index (χ0v) is 11.9. The lowest BCUT2D eigenvalue weighted by molar-refractivity contribution is 0.337. The summed E-state index contributed by atoms with van der Waals surface area (Å²) >= 11 is 3.47. The van der Waals surface area contributed by atoms with Crippen molar-refractivity contribution >= 4 is 27.5 Å². The first-order chi connectivity index (χ1) is 8.74. The Balaban J connectivity index is 1.62. The van der Waals surface area contributed by atoms with Gasteiger partial charge in [-0.1, -0.05) is 0 Å². The van der Waals surface area contributed by atoms with Gasteiger partial charge in [-0.3, -0.25) is 0 Å². The van der Waals surface area contributed by atoms with Gasteiger partial charge in [-0.15, -0.1) is 5.10 Å². The summed E-state index contributed by atoms with van der Waals surface area (Å²) in [6, 6.07) is 4.71. The molecule has 6 heteroatoms. The molecule has 2 heterocycles. The van der Waals surface area contributed by atoms with Gasteiger partial charge in [-0.25, -0.2) is 4.52 Å². The minimum absolute atomic E-state index is 0.686. The molecule has 1 fully saturated rings. The van der Waals surface area contributed by atoms with Gasteiger partial charge in [0.1, 0.15) is 0 Å². The third kappa shape index (κ3) is 2.49. The molecule has 0 aromatic carbocycles. The number of rotatable bonds is 5. The number of likely N-dealkylation sites (N-methyl/N-ethyl adjacent to an activating group) is 1. The normalized spacial score (nSPS) is 15.5. The summed E-state index contributed by atoms with van der Waals surface area (Å²) in [7, 11) is 2.17. The predicted octanol–water partition coefficient (Wildman–Crippen LogP) is 2.00. The number of halogens is 1. The van der Waals surface area contributed by atoms with Crippen LogP contribution in [0.3, 0.4) is 0 Å². The molecule has 0 spiro atoms. The third-order valence-corrected chi connectivity index (χ3v) is 3.85. The van der Waals surface area contributed by atoms with Crippen LogP contribution < -0.4 is 5.32 Å². The average molecular weight is 310 g/mol. The van der Waals surface area contributed by atoms with Gasteiger partial charge < -0.3 is 10.2 Å². The Morgan fingerprint density at radius 3 is 3.11 bits per heavy atom. The van der Waals surface area contributed by atoms with Crippen LogP contribution in [0.4, 0.5) is 5.95 Å². The highest BCUT2D eigenvalue weighted by Crippen LogP contribution is 2.24. The van der Waals surface area contributed by atoms with Crippen molar-refractivity contribution < 1.29 is 0 Å². The van der Waals surface area contributed by atoms with Gasteiger partial charge in [-0.05, 0) is 48.0 Å². The second-order valence-corrected chi connectivity index (χ2v) is 5.55. The van der Waals surface area contributed by atoms with E-state index in [0.717, 1.165) is 29.3 Å². The fourth-order valence-electron chi connectivity index (χ4n) is 1.99. The predicted molar refractivity (Wildman–Crippen MR) is 74.8 cm³/mol. The minimum atomic E-state index is 0.686. The second kappa shape index (κ2) is 4.85. The fourth-order valence-corrected chi connectivity index (χ4v) is 2.41. The maximum absolute atomic E-state index is 4.44. The molecule has 0 radical (unpaired) electrons. The smallest absolute Gasteiger partial charge is 0.243 e. The van der Waals surface area contributed by atoms with E-state index in [0.29, 0.717) is 5.95 Å². The van der Waals surface area contributed by atoms with Crippen molar-refractivity contribution in [2.24, 2.45) is 0 Å². The summed E-state index contributed by atoms with van der Waals surface area (Å²) in [5.74, 6) is 0.686. The number of hydrogen-bond acceptors (Lipinski definition) is 4. The van der Waals surface area contributed by atoms with Gasteiger partial charge in [0.2, 0.25) is 5.95 Å². The summed E-state index contributed by atoms with van der Waals surface area (Å²) in [6.07, 6.45) is 4.58. The van der Waals surface area contributed by atoms with E-state index in [9.17, 15) is 0 Å². The van der Waals surface area contributed by atoms with E-state index >= 15 is 0 Å². The fraction of sp³-hybridized carbons (Fsp3) is 0.500. The summed E-state index contributed by atoms with van der Waals surface area (Å²) in [4.78, 5) is 6.83. The molecule has 96 valence electrons. The van der Waals surface area contributed by atoms with Crippen LogP contribution in [0.25, 0.3) is 5.65 Å². The van der Waals surface area contributed by atoms with Crippen molar-refractivity contribution in [2.75, 3.05) is 25.5 Å². The van der Waals surface area contributed by atoms with Gasteiger partial charge in [0.05, 0.1) is 4.47 Å². The van der Waals surface area contributed by atoms with Crippen LogP contribution in [0.15, 0.2) is 22.8 Å². The quantitative estimate of drug-likeness (QED) is 0.917. The largest absolute Gasteiger partial charge is 0.352 e. The summed E-state index contributed by atoms with van der Waals surface area (Å²) in [5.41, 5.74) is 0.843. The Hall–Kier alpha value is -1.14. The highest BCUT2D eigenvalue weighted by Gasteiger charge is 2.25. The topological polar surface area (TPSA) is 45.5 Å². The van der Waals surface area contributed by atoms with E-state index in [1.165, 1.54) is 12.8 Å². The van der Waals surface area contributed by atoms with Crippen LogP contribution in [0, 0.1) is 0 Å². The molecule has 5 nitrogen and oxygen atoms in total. The number of nitrogens with one attached hydrogen (secondary N) is 1. The number of pyridine rings is 1. The number of anilines is 1. The zero-order chi connectivity index (χ0) is 12.5.